The molecule has 1 aliphatic carbocycles. The van der Waals surface area contributed by atoms with E-state index in [1.54, 1.807) is 6.07 Å². The smallest absolute Gasteiger partial charge is 0.0484 e. The second-order valence-electron chi connectivity index (χ2n) is 6.80. The van der Waals surface area contributed by atoms with Crippen molar-refractivity contribution in [3.63, 3.8) is 0 Å². The first-order valence-electron chi connectivity index (χ1n) is 7.20. The predicted molar refractivity (Wildman–Crippen MR) is 89.6 cm³/mol. The van der Waals surface area contributed by atoms with Gasteiger partial charge in [0.05, 0.1) is 0 Å². The highest BCUT2D eigenvalue weighted by molar-refractivity contribution is 6.34. The lowest BCUT2D eigenvalue weighted by molar-refractivity contribution is 0.278. The molecule has 0 saturated carbocycles. The second kappa shape index (κ2) is 5.05. The van der Waals surface area contributed by atoms with Gasteiger partial charge in [-0.15, -0.1) is 0 Å². The van der Waals surface area contributed by atoms with Crippen LogP contribution in [0.1, 0.15) is 43.3 Å². The van der Waals surface area contributed by atoms with Crippen LogP contribution >= 0.6 is 23.2 Å². The third kappa shape index (κ3) is 2.73. The molecule has 2 nitrogen and oxygen atoms in total. The summed E-state index contributed by atoms with van der Waals surface area (Å²) >= 11 is 12.3. The Kier molecular flexibility index (Phi) is 3.59. The number of benzene rings is 1. The van der Waals surface area contributed by atoms with Gasteiger partial charge < -0.3 is 10.3 Å². The van der Waals surface area contributed by atoms with Gasteiger partial charge in [-0.05, 0) is 55.0 Å². The molecule has 1 aromatic heterocycles. The SMILES string of the molecule is Cc1cc2c(n1-c1cc(Cl)cc(Cl)c1)CC(C)(C)CC2N. The van der Waals surface area contributed by atoms with Crippen LogP contribution in [0, 0.1) is 12.3 Å². The summed E-state index contributed by atoms with van der Waals surface area (Å²) in [6.07, 6.45) is 2.02. The molecular formula is C17H20Cl2N2. The molecule has 0 radical (unpaired) electrons. The van der Waals surface area contributed by atoms with E-state index in [-0.39, 0.29) is 11.5 Å². The van der Waals surface area contributed by atoms with Gasteiger partial charge in [-0.25, -0.2) is 0 Å². The van der Waals surface area contributed by atoms with Crippen molar-refractivity contribution >= 4 is 23.2 Å². The zero-order valence-corrected chi connectivity index (χ0v) is 14.1. The van der Waals surface area contributed by atoms with Crippen molar-refractivity contribution in [2.75, 3.05) is 0 Å². The molecule has 1 heterocycles. The lowest BCUT2D eigenvalue weighted by Gasteiger charge is -2.34. The first-order valence-corrected chi connectivity index (χ1v) is 7.96. The van der Waals surface area contributed by atoms with E-state index in [9.17, 15) is 0 Å². The van der Waals surface area contributed by atoms with Gasteiger partial charge in [0.2, 0.25) is 0 Å². The summed E-state index contributed by atoms with van der Waals surface area (Å²) in [6.45, 7) is 6.65. The molecule has 2 aromatic rings. The maximum Gasteiger partial charge on any atom is 0.0484 e. The number of nitrogens with zero attached hydrogens (tertiary/aromatic N) is 1. The number of aromatic nitrogens is 1. The summed E-state index contributed by atoms with van der Waals surface area (Å²) in [7, 11) is 0. The zero-order valence-electron chi connectivity index (χ0n) is 12.6. The van der Waals surface area contributed by atoms with E-state index >= 15 is 0 Å². The van der Waals surface area contributed by atoms with Crippen molar-refractivity contribution in [2.24, 2.45) is 11.1 Å². The molecule has 1 atom stereocenters. The van der Waals surface area contributed by atoms with Crippen molar-refractivity contribution in [2.45, 2.75) is 39.7 Å². The summed E-state index contributed by atoms with van der Waals surface area (Å²) in [5, 5.41) is 1.30. The van der Waals surface area contributed by atoms with Gasteiger partial charge in [0, 0.05) is 33.2 Å². The lowest BCUT2D eigenvalue weighted by Crippen LogP contribution is -2.30. The maximum atomic E-state index is 6.38. The lowest BCUT2D eigenvalue weighted by atomic mass is 9.74. The Labute approximate surface area is 135 Å². The minimum atomic E-state index is 0.0957. The van der Waals surface area contributed by atoms with E-state index < -0.39 is 0 Å². The Morgan fingerprint density at radius 3 is 2.38 bits per heavy atom. The first kappa shape index (κ1) is 15.0. The quantitative estimate of drug-likeness (QED) is 0.781. The number of hydrogen-bond donors (Lipinski definition) is 1. The first-order chi connectivity index (χ1) is 9.77. The molecular weight excluding hydrogens is 303 g/mol. The number of hydrogen-bond acceptors (Lipinski definition) is 1. The molecule has 1 aliphatic rings. The molecule has 1 aromatic carbocycles. The number of aryl methyl sites for hydroxylation is 1. The number of nitrogens with two attached hydrogens (primary N) is 1. The minimum absolute atomic E-state index is 0.0957. The molecule has 0 aliphatic heterocycles. The van der Waals surface area contributed by atoms with E-state index in [2.05, 4.69) is 31.4 Å². The standard InChI is InChI=1S/C17H20Cl2N2/c1-10-4-14-15(20)8-17(2,3)9-16(14)21(10)13-6-11(18)5-12(19)7-13/h4-7,15H,8-9,20H2,1-3H3. The van der Waals surface area contributed by atoms with Gasteiger partial charge in [0.15, 0.2) is 0 Å². The van der Waals surface area contributed by atoms with Crippen LogP contribution in [0.15, 0.2) is 24.3 Å². The zero-order chi connectivity index (χ0) is 15.4. The summed E-state index contributed by atoms with van der Waals surface area (Å²) < 4.78 is 2.24. The Bertz CT molecular complexity index is 681. The van der Waals surface area contributed by atoms with Gasteiger partial charge in [-0.2, -0.15) is 0 Å². The van der Waals surface area contributed by atoms with Crippen LogP contribution in [-0.2, 0) is 6.42 Å². The van der Waals surface area contributed by atoms with Gasteiger partial charge >= 0.3 is 0 Å². The molecule has 2 N–H and O–H groups in total. The molecule has 4 heteroatoms. The van der Waals surface area contributed by atoms with Crippen molar-refractivity contribution in [1.29, 1.82) is 0 Å². The summed E-state index contributed by atoms with van der Waals surface area (Å²) in [6, 6.07) is 7.96. The molecule has 0 amide bonds. The van der Waals surface area contributed by atoms with E-state index in [1.807, 2.05) is 12.1 Å². The topological polar surface area (TPSA) is 30.9 Å². The van der Waals surface area contributed by atoms with Crippen LogP contribution in [0.3, 0.4) is 0 Å². The van der Waals surface area contributed by atoms with Gasteiger partial charge in [-0.1, -0.05) is 37.0 Å². The fourth-order valence-corrected chi connectivity index (χ4v) is 3.99. The number of halogens is 2. The van der Waals surface area contributed by atoms with Crippen LogP contribution < -0.4 is 5.73 Å². The molecule has 112 valence electrons. The van der Waals surface area contributed by atoms with Crippen molar-refractivity contribution in [3.05, 3.63) is 51.3 Å². The monoisotopic (exact) mass is 322 g/mol. The van der Waals surface area contributed by atoms with Gasteiger partial charge in [-0.3, -0.25) is 0 Å². The Morgan fingerprint density at radius 2 is 1.76 bits per heavy atom. The van der Waals surface area contributed by atoms with Crippen LogP contribution in [0.5, 0.6) is 0 Å². The van der Waals surface area contributed by atoms with E-state index in [0.29, 0.717) is 10.0 Å². The Morgan fingerprint density at radius 1 is 1.14 bits per heavy atom. The normalized spacial score (nSPS) is 20.4. The van der Waals surface area contributed by atoms with Crippen LogP contribution in [0.2, 0.25) is 10.0 Å². The second-order valence-corrected chi connectivity index (χ2v) is 7.68. The summed E-state index contributed by atoms with van der Waals surface area (Å²) in [5.74, 6) is 0. The molecule has 0 spiro atoms. The average Bonchev–Trinajstić information content (AvgIpc) is 2.63. The fraction of sp³-hybridized carbons (Fsp3) is 0.412. The van der Waals surface area contributed by atoms with Crippen molar-refractivity contribution in [3.8, 4) is 5.69 Å². The van der Waals surface area contributed by atoms with Crippen LogP contribution in [0.4, 0.5) is 0 Å². The third-order valence-electron chi connectivity index (χ3n) is 4.24. The highest BCUT2D eigenvalue weighted by Gasteiger charge is 2.33. The highest BCUT2D eigenvalue weighted by atomic mass is 35.5. The third-order valence-corrected chi connectivity index (χ3v) is 4.68. The van der Waals surface area contributed by atoms with Gasteiger partial charge in [0.1, 0.15) is 0 Å². The highest BCUT2D eigenvalue weighted by Crippen LogP contribution is 2.42. The Balaban J connectivity index is 2.21. The molecule has 21 heavy (non-hydrogen) atoms. The van der Waals surface area contributed by atoms with E-state index in [0.717, 1.165) is 18.5 Å². The minimum Gasteiger partial charge on any atom is -0.324 e. The maximum absolute atomic E-state index is 6.38. The van der Waals surface area contributed by atoms with E-state index in [1.165, 1.54) is 17.0 Å². The van der Waals surface area contributed by atoms with Crippen LogP contribution in [0.25, 0.3) is 5.69 Å². The average molecular weight is 323 g/mol. The number of rotatable bonds is 1. The largest absolute Gasteiger partial charge is 0.324 e. The number of fused-ring (bicyclic) bond motifs is 1. The summed E-state index contributed by atoms with van der Waals surface area (Å²) in [5.41, 5.74) is 11.3. The van der Waals surface area contributed by atoms with Gasteiger partial charge in [0.25, 0.3) is 0 Å². The Hall–Kier alpha value is -0.960. The van der Waals surface area contributed by atoms with E-state index in [4.69, 9.17) is 28.9 Å². The predicted octanol–water partition coefficient (Wildman–Crippen LogP) is 5.06. The molecule has 1 unspecified atom stereocenters. The molecule has 0 fully saturated rings. The molecule has 0 bridgehead atoms. The fourth-order valence-electron chi connectivity index (χ4n) is 3.48. The van der Waals surface area contributed by atoms with Crippen LogP contribution in [-0.4, -0.2) is 4.57 Å². The van der Waals surface area contributed by atoms with Crippen molar-refractivity contribution < 1.29 is 0 Å². The molecule has 3 rings (SSSR count). The summed E-state index contributed by atoms with van der Waals surface area (Å²) in [4.78, 5) is 0. The van der Waals surface area contributed by atoms with Crippen molar-refractivity contribution in [1.82, 2.24) is 4.57 Å². The molecule has 0 saturated heterocycles.